The molecule has 1 saturated heterocycles. The second-order valence-electron chi connectivity index (χ2n) is 5.21. The van der Waals surface area contributed by atoms with E-state index in [1.807, 2.05) is 0 Å². The van der Waals surface area contributed by atoms with Crippen molar-refractivity contribution >= 4 is 27.6 Å². The number of ether oxygens (including phenoxy) is 1. The number of sulfonamides is 1. The molecule has 0 spiro atoms. The number of nitrogens with one attached hydrogen (secondary N) is 1. The van der Waals surface area contributed by atoms with Crippen LogP contribution in [0, 0.1) is 5.82 Å². The van der Waals surface area contributed by atoms with Crippen molar-refractivity contribution in [3.63, 3.8) is 0 Å². The first-order valence-electron chi connectivity index (χ1n) is 6.89. The second kappa shape index (κ2) is 6.63. The Bertz CT molecular complexity index is 735. The Labute approximate surface area is 133 Å². The molecule has 2 rings (SSSR count). The van der Waals surface area contributed by atoms with E-state index in [0.717, 1.165) is 29.8 Å². The van der Waals surface area contributed by atoms with Gasteiger partial charge in [-0.1, -0.05) is 0 Å². The molecule has 0 radical (unpaired) electrons. The summed E-state index contributed by atoms with van der Waals surface area (Å²) in [5.41, 5.74) is -0.117. The van der Waals surface area contributed by atoms with E-state index < -0.39 is 33.8 Å². The largest absolute Gasteiger partial charge is 0.465 e. The van der Waals surface area contributed by atoms with Crippen molar-refractivity contribution in [2.75, 3.05) is 25.2 Å². The zero-order valence-electron chi connectivity index (χ0n) is 12.7. The van der Waals surface area contributed by atoms with Crippen LogP contribution < -0.4 is 5.32 Å². The molecule has 9 heteroatoms. The monoisotopic (exact) mass is 344 g/mol. The summed E-state index contributed by atoms with van der Waals surface area (Å²) < 4.78 is 42.5. The summed E-state index contributed by atoms with van der Waals surface area (Å²) in [7, 11) is -2.36. The first-order chi connectivity index (χ1) is 10.7. The van der Waals surface area contributed by atoms with Gasteiger partial charge in [-0.25, -0.2) is 17.6 Å². The topological polar surface area (TPSA) is 92.8 Å². The smallest absolute Gasteiger partial charge is 0.340 e. The van der Waals surface area contributed by atoms with Gasteiger partial charge in [-0.05, 0) is 31.0 Å². The van der Waals surface area contributed by atoms with Gasteiger partial charge < -0.3 is 10.1 Å². The number of carbonyl (C=O) groups is 2. The average Bonchev–Trinajstić information content (AvgIpc) is 2.98. The highest BCUT2D eigenvalue weighted by molar-refractivity contribution is 7.88. The van der Waals surface area contributed by atoms with Gasteiger partial charge in [0.1, 0.15) is 11.9 Å². The van der Waals surface area contributed by atoms with Crippen LogP contribution in [0.3, 0.4) is 0 Å². The minimum Gasteiger partial charge on any atom is -0.465 e. The molecular formula is C14H17FN2O5S. The van der Waals surface area contributed by atoms with Gasteiger partial charge in [0.05, 0.1) is 18.9 Å². The van der Waals surface area contributed by atoms with Gasteiger partial charge in [-0.2, -0.15) is 4.31 Å². The molecule has 0 saturated carbocycles. The number of halogens is 1. The Morgan fingerprint density at radius 2 is 2.09 bits per heavy atom. The van der Waals surface area contributed by atoms with E-state index in [1.54, 1.807) is 0 Å². The first-order valence-corrected chi connectivity index (χ1v) is 8.74. The predicted octanol–water partition coefficient (Wildman–Crippen LogP) is 0.975. The summed E-state index contributed by atoms with van der Waals surface area (Å²) in [4.78, 5) is 23.7. The van der Waals surface area contributed by atoms with Gasteiger partial charge in [0.2, 0.25) is 15.9 Å². The lowest BCUT2D eigenvalue weighted by Gasteiger charge is -2.21. The number of esters is 1. The number of carbonyl (C=O) groups excluding carboxylic acids is 2. The van der Waals surface area contributed by atoms with E-state index in [4.69, 9.17) is 0 Å². The molecule has 1 atom stereocenters. The third kappa shape index (κ3) is 3.85. The standard InChI is InChI=1S/C14H17FN2O5S/c1-22-14(19)10-8-9(5-6-11(10)15)16-13(18)12-4-3-7-17(12)23(2,20)21/h5-6,8,12H,3-4,7H2,1-2H3,(H,16,18). The van der Waals surface area contributed by atoms with Crippen LogP contribution in [0.15, 0.2) is 18.2 Å². The number of hydrogen-bond donors (Lipinski definition) is 1. The van der Waals surface area contributed by atoms with Crippen LogP contribution in [0.2, 0.25) is 0 Å². The molecule has 0 bridgehead atoms. The zero-order chi connectivity index (χ0) is 17.2. The van der Waals surface area contributed by atoms with Gasteiger partial charge >= 0.3 is 5.97 Å². The molecule has 23 heavy (non-hydrogen) atoms. The van der Waals surface area contributed by atoms with Crippen molar-refractivity contribution in [1.29, 1.82) is 0 Å². The molecule has 1 aliphatic heterocycles. The lowest BCUT2D eigenvalue weighted by Crippen LogP contribution is -2.42. The van der Waals surface area contributed by atoms with Crippen molar-refractivity contribution in [3.8, 4) is 0 Å². The Kier molecular flexibility index (Phi) is 5.00. The van der Waals surface area contributed by atoms with Crippen LogP contribution in [-0.4, -0.2) is 50.6 Å². The first kappa shape index (κ1) is 17.4. The minimum atomic E-state index is -3.48. The number of hydrogen-bond acceptors (Lipinski definition) is 5. The summed E-state index contributed by atoms with van der Waals surface area (Å²) in [6.07, 6.45) is 2.04. The van der Waals surface area contributed by atoms with Crippen LogP contribution in [0.4, 0.5) is 10.1 Å². The molecule has 1 aromatic carbocycles. The zero-order valence-corrected chi connectivity index (χ0v) is 13.5. The Hall–Kier alpha value is -2.00. The lowest BCUT2D eigenvalue weighted by atomic mass is 10.1. The fourth-order valence-electron chi connectivity index (χ4n) is 2.49. The molecule has 0 aliphatic carbocycles. The summed E-state index contributed by atoms with van der Waals surface area (Å²) in [5, 5.41) is 2.51. The number of rotatable bonds is 4. The second-order valence-corrected chi connectivity index (χ2v) is 7.14. The van der Waals surface area contributed by atoms with E-state index in [2.05, 4.69) is 10.1 Å². The minimum absolute atomic E-state index is 0.192. The molecule has 1 amide bonds. The maximum Gasteiger partial charge on any atom is 0.340 e. The van der Waals surface area contributed by atoms with Crippen LogP contribution in [0.1, 0.15) is 23.2 Å². The fraction of sp³-hybridized carbons (Fsp3) is 0.429. The quantitative estimate of drug-likeness (QED) is 0.822. The Morgan fingerprint density at radius 1 is 1.39 bits per heavy atom. The number of benzene rings is 1. The number of methoxy groups -OCH3 is 1. The summed E-state index contributed by atoms with van der Waals surface area (Å²) >= 11 is 0. The van der Waals surface area contributed by atoms with Crippen molar-refractivity contribution in [3.05, 3.63) is 29.6 Å². The maximum absolute atomic E-state index is 13.6. The number of anilines is 1. The molecule has 1 heterocycles. The van der Waals surface area contributed by atoms with Crippen LogP contribution in [-0.2, 0) is 19.6 Å². The van der Waals surface area contributed by atoms with Gasteiger partial charge in [0, 0.05) is 12.2 Å². The summed E-state index contributed by atoms with van der Waals surface area (Å²) in [5.74, 6) is -2.15. The van der Waals surface area contributed by atoms with E-state index in [0.29, 0.717) is 12.8 Å². The SMILES string of the molecule is COC(=O)c1cc(NC(=O)C2CCCN2S(C)(=O)=O)ccc1F. The van der Waals surface area contributed by atoms with E-state index >= 15 is 0 Å². The average molecular weight is 344 g/mol. The lowest BCUT2D eigenvalue weighted by molar-refractivity contribution is -0.119. The van der Waals surface area contributed by atoms with E-state index in [-0.39, 0.29) is 17.8 Å². The van der Waals surface area contributed by atoms with Gasteiger partial charge in [0.25, 0.3) is 0 Å². The molecule has 126 valence electrons. The van der Waals surface area contributed by atoms with Crippen molar-refractivity contribution < 1.29 is 27.1 Å². The van der Waals surface area contributed by atoms with Gasteiger partial charge in [-0.15, -0.1) is 0 Å². The van der Waals surface area contributed by atoms with E-state index in [9.17, 15) is 22.4 Å². The molecule has 1 N–H and O–H groups in total. The Balaban J connectivity index is 2.19. The molecule has 7 nitrogen and oxygen atoms in total. The van der Waals surface area contributed by atoms with Crippen molar-refractivity contribution in [2.24, 2.45) is 0 Å². The van der Waals surface area contributed by atoms with Crippen molar-refractivity contribution in [2.45, 2.75) is 18.9 Å². The van der Waals surface area contributed by atoms with Crippen molar-refractivity contribution in [1.82, 2.24) is 4.31 Å². The highest BCUT2D eigenvalue weighted by Crippen LogP contribution is 2.22. The molecule has 1 unspecified atom stereocenters. The van der Waals surface area contributed by atoms with Crippen LogP contribution in [0.25, 0.3) is 0 Å². The third-order valence-corrected chi connectivity index (χ3v) is 4.86. The van der Waals surface area contributed by atoms with E-state index in [1.165, 1.54) is 6.07 Å². The number of amides is 1. The normalized spacial score (nSPS) is 18.7. The molecular weight excluding hydrogens is 327 g/mol. The van der Waals surface area contributed by atoms with Gasteiger partial charge in [-0.3, -0.25) is 4.79 Å². The highest BCUT2D eigenvalue weighted by Gasteiger charge is 2.36. The number of nitrogens with zero attached hydrogens (tertiary/aromatic N) is 1. The fourth-order valence-corrected chi connectivity index (χ4v) is 3.62. The summed E-state index contributed by atoms with van der Waals surface area (Å²) in [6, 6.07) is 2.67. The Morgan fingerprint density at radius 3 is 2.70 bits per heavy atom. The predicted molar refractivity (Wildman–Crippen MR) is 80.9 cm³/mol. The third-order valence-electron chi connectivity index (χ3n) is 3.57. The molecule has 1 aromatic rings. The highest BCUT2D eigenvalue weighted by atomic mass is 32.2. The summed E-state index contributed by atoms with van der Waals surface area (Å²) in [6.45, 7) is 0.285. The van der Waals surface area contributed by atoms with Gasteiger partial charge in [0.15, 0.2) is 0 Å². The van der Waals surface area contributed by atoms with Crippen LogP contribution >= 0.6 is 0 Å². The maximum atomic E-state index is 13.6. The van der Waals surface area contributed by atoms with Crippen LogP contribution in [0.5, 0.6) is 0 Å². The molecule has 1 fully saturated rings. The molecule has 0 aromatic heterocycles. The molecule has 1 aliphatic rings.